The quantitative estimate of drug-likeness (QED) is 0.0954. The molecule has 0 saturated heterocycles. The Morgan fingerprint density at radius 3 is 0.870 bits per heavy atom. The summed E-state index contributed by atoms with van der Waals surface area (Å²) in [7, 11) is 0. The molecule has 46 heavy (non-hydrogen) atoms. The molecule has 0 saturated carbocycles. The van der Waals surface area contributed by atoms with E-state index in [2.05, 4.69) is 0 Å². The SMILES string of the molecule is CC(C)(CCCCOCCCCC(C)(C)C(=O)O)C(=O)O.CC(C)(CCCCOCCCCC(C)(C)C(=O)O)C(=O)[O-].O.[Ca+2].[O]=[Ca]. The first-order valence-electron chi connectivity index (χ1n) is 15.5. The van der Waals surface area contributed by atoms with Gasteiger partial charge in [-0.25, -0.2) is 0 Å². The van der Waals surface area contributed by atoms with Gasteiger partial charge >= 0.3 is 93.0 Å². The second-order valence-electron chi connectivity index (χ2n) is 13.8. The Bertz CT molecular complexity index is 700. The van der Waals surface area contributed by atoms with Gasteiger partial charge < -0.3 is 40.2 Å². The summed E-state index contributed by atoms with van der Waals surface area (Å²) in [4.78, 5) is 43.5. The normalized spacial score (nSPS) is 11.4. The van der Waals surface area contributed by atoms with Crippen LogP contribution in [0.1, 0.15) is 132 Å². The van der Waals surface area contributed by atoms with Gasteiger partial charge in [0.1, 0.15) is 0 Å². The number of aliphatic carboxylic acids is 4. The molecule has 0 fully saturated rings. The van der Waals surface area contributed by atoms with E-state index in [1.165, 1.54) is 0 Å². The standard InChI is InChI=1S/2C16H30O5.2Ca.H2O.O/c2*1-15(2,13(17)18)9-5-7-11-21-12-8-6-10-16(3,4)14(19)20;;;;/h2*5-12H2,1-4H3,(H,17,18)(H,19,20);;;1H2;/q;;;+2;;/p-1. The number of carboxylic acids is 4. The van der Waals surface area contributed by atoms with Crippen LogP contribution in [0.5, 0.6) is 0 Å². The summed E-state index contributed by atoms with van der Waals surface area (Å²) >= 11 is 0.125. The Labute approximate surface area is 330 Å². The molecule has 5 N–H and O–H groups in total. The number of ether oxygens (including phenoxy) is 2. The maximum atomic E-state index is 10.9. The Balaban J connectivity index is -0.000000222. The molecule has 0 atom stereocenters. The molecule has 0 aromatic rings. The Hall–Kier alpha value is 0.0795. The van der Waals surface area contributed by atoms with E-state index in [1.807, 2.05) is 0 Å². The van der Waals surface area contributed by atoms with Gasteiger partial charge in [-0.3, -0.25) is 14.4 Å². The molecule has 0 aromatic carbocycles. The molecule has 12 nitrogen and oxygen atoms in total. The monoisotopic (exact) mass is 717 g/mol. The van der Waals surface area contributed by atoms with E-state index >= 15 is 0 Å². The average Bonchev–Trinajstić information content (AvgIpc) is 2.92. The fraction of sp³-hybridized carbons (Fsp3) is 0.875. The van der Waals surface area contributed by atoms with Gasteiger partial charge in [0.05, 0.1) is 16.2 Å². The van der Waals surface area contributed by atoms with Crippen molar-refractivity contribution in [3.8, 4) is 0 Å². The van der Waals surface area contributed by atoms with Crippen LogP contribution in [0.15, 0.2) is 0 Å². The van der Waals surface area contributed by atoms with Crippen molar-refractivity contribution in [1.82, 2.24) is 0 Å². The molecule has 0 unspecified atom stereocenters. The molecule has 0 radical (unpaired) electrons. The Kier molecular flexibility index (Phi) is 36.1. The predicted octanol–water partition coefficient (Wildman–Crippen LogP) is 4.09. The van der Waals surface area contributed by atoms with E-state index in [1.54, 1.807) is 55.4 Å². The third-order valence-electron chi connectivity index (χ3n) is 7.65. The van der Waals surface area contributed by atoms with Crippen molar-refractivity contribution in [2.24, 2.45) is 21.7 Å². The number of hydrogen-bond acceptors (Lipinski definition) is 8. The van der Waals surface area contributed by atoms with Gasteiger partial charge in [0.25, 0.3) is 0 Å². The molecule has 14 heteroatoms. The molecule has 0 bridgehead atoms. The van der Waals surface area contributed by atoms with Crippen molar-refractivity contribution in [2.75, 3.05) is 26.4 Å². The van der Waals surface area contributed by atoms with Crippen molar-refractivity contribution in [3.05, 3.63) is 0 Å². The summed E-state index contributed by atoms with van der Waals surface area (Å²) in [6.07, 6.45) is 9.24. The minimum atomic E-state index is -1.01. The molecular weight excluding hydrogens is 656 g/mol. The van der Waals surface area contributed by atoms with Crippen molar-refractivity contribution >= 4 is 97.5 Å². The second-order valence-corrected chi connectivity index (χ2v) is 13.8. The van der Waals surface area contributed by atoms with Crippen LogP contribution in [0.3, 0.4) is 0 Å². The third-order valence-corrected chi connectivity index (χ3v) is 7.65. The van der Waals surface area contributed by atoms with Crippen molar-refractivity contribution < 1.29 is 56.0 Å². The van der Waals surface area contributed by atoms with Gasteiger partial charge in [-0.2, -0.15) is 0 Å². The van der Waals surface area contributed by atoms with Crippen molar-refractivity contribution in [1.29, 1.82) is 0 Å². The van der Waals surface area contributed by atoms with Crippen LogP contribution in [-0.2, 0) is 30.1 Å². The van der Waals surface area contributed by atoms with Gasteiger partial charge in [0, 0.05) is 37.8 Å². The summed E-state index contributed by atoms with van der Waals surface area (Å²) in [5.74, 6) is -3.29. The predicted molar refractivity (Wildman–Crippen MR) is 176 cm³/mol. The fourth-order valence-corrected chi connectivity index (χ4v) is 3.71. The Morgan fingerprint density at radius 2 is 0.696 bits per heavy atom. The molecular formula is C32H61Ca2O12+. The molecule has 264 valence electrons. The first-order chi connectivity index (χ1) is 20.2. The van der Waals surface area contributed by atoms with Crippen LogP contribution in [-0.4, -0.2) is 145 Å². The van der Waals surface area contributed by atoms with Crippen LogP contribution < -0.4 is 5.11 Å². The maximum absolute atomic E-state index is 10.9. The second kappa shape index (κ2) is 29.9. The van der Waals surface area contributed by atoms with Crippen LogP contribution >= 0.6 is 0 Å². The summed E-state index contributed by atoms with van der Waals surface area (Å²) in [6.45, 7) is 16.3. The number of carbonyl (C=O) groups excluding carboxylic acids is 1. The summed E-state index contributed by atoms with van der Waals surface area (Å²) in [5, 5.41) is 37.7. The Morgan fingerprint density at radius 1 is 0.500 bits per heavy atom. The number of carbonyl (C=O) groups is 4. The first-order valence-corrected chi connectivity index (χ1v) is 16.5. The molecule has 0 spiro atoms. The fourth-order valence-electron chi connectivity index (χ4n) is 3.71. The molecule has 0 aliphatic carbocycles. The van der Waals surface area contributed by atoms with Crippen LogP contribution in [0.2, 0.25) is 0 Å². The van der Waals surface area contributed by atoms with E-state index in [9.17, 15) is 24.3 Å². The minimum absolute atomic E-state index is 0. The molecule has 0 aromatic heterocycles. The zero-order valence-electron chi connectivity index (χ0n) is 29.8. The van der Waals surface area contributed by atoms with Gasteiger partial charge in [-0.1, -0.05) is 39.5 Å². The molecule has 0 aliphatic heterocycles. The number of unbranched alkanes of at least 4 members (excludes halogenated alkanes) is 4. The first kappa shape index (κ1) is 55.5. The topological polar surface area (TPSA) is 219 Å². The van der Waals surface area contributed by atoms with Crippen molar-refractivity contribution in [3.63, 3.8) is 0 Å². The number of carboxylic acid groups (broad SMARTS) is 4. The van der Waals surface area contributed by atoms with Crippen LogP contribution in [0.4, 0.5) is 0 Å². The van der Waals surface area contributed by atoms with E-state index in [0.717, 1.165) is 51.4 Å². The van der Waals surface area contributed by atoms with Gasteiger partial charge in [0.15, 0.2) is 0 Å². The zero-order valence-corrected chi connectivity index (χ0v) is 34.3. The molecule has 0 heterocycles. The number of rotatable bonds is 24. The van der Waals surface area contributed by atoms with E-state index in [4.69, 9.17) is 26.2 Å². The van der Waals surface area contributed by atoms with Gasteiger partial charge in [-0.15, -0.1) is 0 Å². The number of hydrogen-bond donors (Lipinski definition) is 3. The van der Waals surface area contributed by atoms with E-state index < -0.39 is 45.5 Å². The van der Waals surface area contributed by atoms with E-state index in [0.29, 0.717) is 52.1 Å². The zero-order chi connectivity index (χ0) is 35.0. The van der Waals surface area contributed by atoms with Gasteiger partial charge in [-0.05, 0) is 92.9 Å². The van der Waals surface area contributed by atoms with Crippen LogP contribution in [0.25, 0.3) is 0 Å². The molecule has 0 aliphatic rings. The molecule has 0 rings (SSSR count). The summed E-state index contributed by atoms with van der Waals surface area (Å²) in [5.41, 5.74) is -2.77. The van der Waals surface area contributed by atoms with Gasteiger partial charge in [0.2, 0.25) is 0 Å². The van der Waals surface area contributed by atoms with Crippen molar-refractivity contribution in [2.45, 2.75) is 132 Å². The summed E-state index contributed by atoms with van der Waals surface area (Å²) < 4.78 is 19.3. The van der Waals surface area contributed by atoms with E-state index in [-0.39, 0.29) is 79.1 Å². The average molecular weight is 718 g/mol. The third kappa shape index (κ3) is 30.2. The van der Waals surface area contributed by atoms with Crippen LogP contribution in [0, 0.1) is 21.7 Å². The molecule has 0 amide bonds. The summed E-state index contributed by atoms with van der Waals surface area (Å²) in [6, 6.07) is 0.